The van der Waals surface area contributed by atoms with Crippen LogP contribution >= 0.6 is 0 Å². The predicted octanol–water partition coefficient (Wildman–Crippen LogP) is 3.52. The van der Waals surface area contributed by atoms with Crippen molar-refractivity contribution in [3.05, 3.63) is 59.9 Å². The fraction of sp³-hybridized carbons (Fsp3) is 0.222. The number of halogens is 1. The summed E-state index contributed by atoms with van der Waals surface area (Å²) in [6.07, 6.45) is 0.0851. The van der Waals surface area contributed by atoms with Crippen molar-refractivity contribution >= 4 is 23.2 Å². The Kier molecular flexibility index (Phi) is 5.46. The lowest BCUT2D eigenvalue weighted by atomic mass is 10.2. The van der Waals surface area contributed by atoms with E-state index >= 15 is 0 Å². The molecule has 2 aromatic carbocycles. The summed E-state index contributed by atoms with van der Waals surface area (Å²) in [7, 11) is 0. The number of para-hydroxylation sites is 1. The van der Waals surface area contributed by atoms with Crippen molar-refractivity contribution in [2.24, 2.45) is 0 Å². The number of anilines is 2. The number of carbonyl (C=O) groups is 2. The fourth-order valence-corrected chi connectivity index (χ4v) is 2.19. The summed E-state index contributed by atoms with van der Waals surface area (Å²) < 4.78 is 13.8. The van der Waals surface area contributed by atoms with Crippen LogP contribution in [-0.4, -0.2) is 18.4 Å². The van der Waals surface area contributed by atoms with Gasteiger partial charge >= 0.3 is 0 Å². The SMILES string of the molecule is CC(=O)N(CCC(=O)Nc1ccc(C)cc1)c1ccccc1F. The van der Waals surface area contributed by atoms with Crippen molar-refractivity contribution in [3.8, 4) is 0 Å². The molecule has 0 fully saturated rings. The monoisotopic (exact) mass is 314 g/mol. The maximum Gasteiger partial charge on any atom is 0.226 e. The Morgan fingerprint density at radius 2 is 1.74 bits per heavy atom. The molecule has 0 heterocycles. The average Bonchev–Trinajstić information content (AvgIpc) is 2.51. The van der Waals surface area contributed by atoms with E-state index in [4.69, 9.17) is 0 Å². The Morgan fingerprint density at radius 1 is 1.09 bits per heavy atom. The summed E-state index contributed by atoms with van der Waals surface area (Å²) in [4.78, 5) is 25.0. The van der Waals surface area contributed by atoms with E-state index in [0.717, 1.165) is 5.56 Å². The lowest BCUT2D eigenvalue weighted by molar-refractivity contribution is -0.117. The summed E-state index contributed by atoms with van der Waals surface area (Å²) in [6.45, 7) is 3.43. The van der Waals surface area contributed by atoms with Crippen molar-refractivity contribution in [2.75, 3.05) is 16.8 Å². The lowest BCUT2D eigenvalue weighted by Gasteiger charge is -2.21. The second-order valence-electron chi connectivity index (χ2n) is 5.29. The van der Waals surface area contributed by atoms with Gasteiger partial charge in [-0.15, -0.1) is 0 Å². The van der Waals surface area contributed by atoms with E-state index in [1.807, 2.05) is 31.2 Å². The number of aryl methyl sites for hydroxylation is 1. The predicted molar refractivity (Wildman–Crippen MR) is 88.9 cm³/mol. The quantitative estimate of drug-likeness (QED) is 0.918. The van der Waals surface area contributed by atoms with Crippen molar-refractivity contribution in [1.82, 2.24) is 0 Å². The van der Waals surface area contributed by atoms with E-state index in [1.165, 1.54) is 24.0 Å². The number of rotatable bonds is 5. The maximum atomic E-state index is 13.8. The smallest absolute Gasteiger partial charge is 0.226 e. The normalized spacial score (nSPS) is 10.2. The minimum atomic E-state index is -0.485. The minimum Gasteiger partial charge on any atom is -0.326 e. The Morgan fingerprint density at radius 3 is 2.35 bits per heavy atom. The first-order chi connectivity index (χ1) is 11.0. The van der Waals surface area contributed by atoms with Crippen molar-refractivity contribution in [3.63, 3.8) is 0 Å². The van der Waals surface area contributed by atoms with Gasteiger partial charge in [0.25, 0.3) is 0 Å². The Hall–Kier alpha value is -2.69. The first-order valence-electron chi connectivity index (χ1n) is 7.36. The molecule has 2 amide bonds. The summed E-state index contributed by atoms with van der Waals surface area (Å²) in [5, 5.41) is 2.76. The highest BCUT2D eigenvalue weighted by Crippen LogP contribution is 2.19. The largest absolute Gasteiger partial charge is 0.326 e. The van der Waals surface area contributed by atoms with E-state index in [-0.39, 0.29) is 30.5 Å². The lowest BCUT2D eigenvalue weighted by Crippen LogP contribution is -2.32. The molecule has 1 N–H and O–H groups in total. The molecule has 23 heavy (non-hydrogen) atoms. The van der Waals surface area contributed by atoms with Gasteiger partial charge in [0.05, 0.1) is 5.69 Å². The molecule has 0 aliphatic carbocycles. The zero-order valence-corrected chi connectivity index (χ0v) is 13.2. The molecule has 0 radical (unpaired) electrons. The van der Waals surface area contributed by atoms with Gasteiger partial charge < -0.3 is 10.2 Å². The molecule has 0 aliphatic heterocycles. The molecule has 0 saturated carbocycles. The summed E-state index contributed by atoms with van der Waals surface area (Å²) in [5.41, 5.74) is 1.98. The van der Waals surface area contributed by atoms with Gasteiger partial charge in [-0.2, -0.15) is 0 Å². The zero-order valence-electron chi connectivity index (χ0n) is 13.2. The number of nitrogens with one attached hydrogen (secondary N) is 1. The number of amides is 2. The van der Waals surface area contributed by atoms with Gasteiger partial charge in [-0.05, 0) is 31.2 Å². The number of carbonyl (C=O) groups excluding carboxylic acids is 2. The van der Waals surface area contributed by atoms with Crippen molar-refractivity contribution < 1.29 is 14.0 Å². The fourth-order valence-electron chi connectivity index (χ4n) is 2.19. The molecule has 2 aromatic rings. The summed E-state index contributed by atoms with van der Waals surface area (Å²) >= 11 is 0. The second kappa shape index (κ2) is 7.54. The highest BCUT2D eigenvalue weighted by atomic mass is 19.1. The van der Waals surface area contributed by atoms with Gasteiger partial charge in [0.1, 0.15) is 5.82 Å². The van der Waals surface area contributed by atoms with Crippen LogP contribution in [0.1, 0.15) is 18.9 Å². The molecule has 0 unspecified atom stereocenters. The number of benzene rings is 2. The van der Waals surface area contributed by atoms with Crippen LogP contribution < -0.4 is 10.2 Å². The number of hydrogen-bond donors (Lipinski definition) is 1. The van der Waals surface area contributed by atoms with Gasteiger partial charge in [-0.3, -0.25) is 9.59 Å². The molecule has 2 rings (SSSR count). The van der Waals surface area contributed by atoms with Crippen molar-refractivity contribution in [2.45, 2.75) is 20.3 Å². The third-order valence-electron chi connectivity index (χ3n) is 3.42. The molecule has 0 spiro atoms. The van der Waals surface area contributed by atoms with Gasteiger partial charge in [0, 0.05) is 25.6 Å². The van der Waals surface area contributed by atoms with Gasteiger partial charge in [-0.1, -0.05) is 29.8 Å². The third kappa shape index (κ3) is 4.64. The Balaban J connectivity index is 1.99. The van der Waals surface area contributed by atoms with Crippen LogP contribution in [0.15, 0.2) is 48.5 Å². The molecule has 0 aromatic heterocycles. The minimum absolute atomic E-state index is 0.0851. The molecule has 4 nitrogen and oxygen atoms in total. The highest BCUT2D eigenvalue weighted by Gasteiger charge is 2.16. The van der Waals surface area contributed by atoms with E-state index < -0.39 is 5.82 Å². The third-order valence-corrected chi connectivity index (χ3v) is 3.42. The molecule has 5 heteroatoms. The van der Waals surface area contributed by atoms with Crippen LogP contribution in [0, 0.1) is 12.7 Å². The highest BCUT2D eigenvalue weighted by molar-refractivity contribution is 5.94. The van der Waals surface area contributed by atoms with Crippen LogP contribution in [0.2, 0.25) is 0 Å². The Labute approximate surface area is 134 Å². The van der Waals surface area contributed by atoms with E-state index in [0.29, 0.717) is 5.69 Å². The number of nitrogens with zero attached hydrogens (tertiary/aromatic N) is 1. The molecule has 0 saturated heterocycles. The van der Waals surface area contributed by atoms with Gasteiger partial charge in [-0.25, -0.2) is 4.39 Å². The van der Waals surface area contributed by atoms with Gasteiger partial charge in [0.15, 0.2) is 0 Å². The molecule has 120 valence electrons. The van der Waals surface area contributed by atoms with Crippen LogP contribution in [-0.2, 0) is 9.59 Å². The van der Waals surface area contributed by atoms with Crippen LogP contribution in [0.5, 0.6) is 0 Å². The van der Waals surface area contributed by atoms with Gasteiger partial charge in [0.2, 0.25) is 11.8 Å². The van der Waals surface area contributed by atoms with E-state index in [2.05, 4.69) is 5.32 Å². The van der Waals surface area contributed by atoms with E-state index in [9.17, 15) is 14.0 Å². The topological polar surface area (TPSA) is 49.4 Å². The first kappa shape index (κ1) is 16.7. The summed E-state index contributed by atoms with van der Waals surface area (Å²) in [5.74, 6) is -1.02. The van der Waals surface area contributed by atoms with Crippen LogP contribution in [0.25, 0.3) is 0 Å². The molecular formula is C18H19FN2O2. The first-order valence-corrected chi connectivity index (χ1v) is 7.36. The van der Waals surface area contributed by atoms with Crippen molar-refractivity contribution in [1.29, 1.82) is 0 Å². The molecule has 0 aliphatic rings. The molecule has 0 atom stereocenters. The molecule has 0 bridgehead atoms. The number of hydrogen-bond acceptors (Lipinski definition) is 2. The molecular weight excluding hydrogens is 295 g/mol. The van der Waals surface area contributed by atoms with Crippen LogP contribution in [0.3, 0.4) is 0 Å². The Bertz CT molecular complexity index is 698. The average molecular weight is 314 g/mol. The maximum absolute atomic E-state index is 13.8. The zero-order chi connectivity index (χ0) is 16.8. The second-order valence-corrected chi connectivity index (χ2v) is 5.29. The summed E-state index contributed by atoms with van der Waals surface area (Å²) in [6, 6.07) is 13.4. The standard InChI is InChI=1S/C18H19FN2O2/c1-13-7-9-15(10-8-13)20-18(23)11-12-21(14(2)22)17-6-4-3-5-16(17)19/h3-10H,11-12H2,1-2H3,(H,20,23). The van der Waals surface area contributed by atoms with Crippen LogP contribution in [0.4, 0.5) is 15.8 Å². The van der Waals surface area contributed by atoms with E-state index in [1.54, 1.807) is 12.1 Å².